The third-order valence-corrected chi connectivity index (χ3v) is 7.34. The summed E-state index contributed by atoms with van der Waals surface area (Å²) in [4.78, 5) is 17.7. The van der Waals surface area contributed by atoms with Crippen LogP contribution >= 0.6 is 57.7 Å². The summed E-state index contributed by atoms with van der Waals surface area (Å²) >= 11 is 26.1. The number of rotatable bonds is 3. The van der Waals surface area contributed by atoms with Gasteiger partial charge in [0.05, 0.1) is 20.6 Å². The fourth-order valence-corrected chi connectivity index (χ4v) is 5.23. The summed E-state index contributed by atoms with van der Waals surface area (Å²) in [6.45, 7) is 0. The van der Waals surface area contributed by atoms with E-state index >= 15 is 0 Å². The molecule has 0 unspecified atom stereocenters. The highest BCUT2D eigenvalue weighted by molar-refractivity contribution is 7.21. The molecule has 154 valence electrons. The number of oxazole rings is 1. The number of thiophene rings is 1. The first-order valence-corrected chi connectivity index (χ1v) is 11.3. The maximum atomic E-state index is 12.8. The summed E-state index contributed by atoms with van der Waals surface area (Å²) in [6, 6.07) is 15.7. The molecule has 0 saturated carbocycles. The summed E-state index contributed by atoms with van der Waals surface area (Å²) in [6.07, 6.45) is 0. The number of hydrogen-bond donors (Lipinski definition) is 1. The van der Waals surface area contributed by atoms with Crippen LogP contribution in [-0.2, 0) is 0 Å². The van der Waals surface area contributed by atoms with E-state index in [0.29, 0.717) is 53.2 Å². The van der Waals surface area contributed by atoms with E-state index in [1.54, 1.807) is 54.6 Å². The van der Waals surface area contributed by atoms with E-state index in [1.165, 1.54) is 11.3 Å². The Labute approximate surface area is 200 Å². The molecule has 1 amide bonds. The van der Waals surface area contributed by atoms with Gasteiger partial charge in [-0.1, -0.05) is 58.5 Å². The highest BCUT2D eigenvalue weighted by Gasteiger charge is 2.19. The Morgan fingerprint density at radius 1 is 0.968 bits per heavy atom. The molecule has 5 aromatic rings. The van der Waals surface area contributed by atoms with Crippen molar-refractivity contribution in [2.75, 3.05) is 5.32 Å². The van der Waals surface area contributed by atoms with Gasteiger partial charge in [0, 0.05) is 20.8 Å². The summed E-state index contributed by atoms with van der Waals surface area (Å²) < 4.78 is 6.65. The first-order chi connectivity index (χ1) is 14.9. The van der Waals surface area contributed by atoms with Crippen molar-refractivity contribution >= 4 is 90.5 Å². The number of aromatic nitrogens is 1. The minimum absolute atomic E-state index is 0.316. The molecule has 0 aliphatic rings. The molecule has 0 saturated heterocycles. The van der Waals surface area contributed by atoms with Crippen LogP contribution in [0.15, 0.2) is 59.0 Å². The van der Waals surface area contributed by atoms with Gasteiger partial charge < -0.3 is 9.73 Å². The normalized spacial score (nSPS) is 11.4. The van der Waals surface area contributed by atoms with Crippen molar-refractivity contribution in [1.82, 2.24) is 4.98 Å². The van der Waals surface area contributed by atoms with Gasteiger partial charge in [-0.25, -0.2) is 4.98 Å². The zero-order valence-corrected chi connectivity index (χ0v) is 19.2. The van der Waals surface area contributed by atoms with Gasteiger partial charge in [0.15, 0.2) is 5.58 Å². The van der Waals surface area contributed by atoms with Crippen LogP contribution in [0, 0.1) is 0 Å². The molecule has 0 aliphatic heterocycles. The fourth-order valence-electron chi connectivity index (χ4n) is 3.16. The number of fused-ring (bicyclic) bond motifs is 2. The van der Waals surface area contributed by atoms with E-state index in [1.807, 2.05) is 0 Å². The lowest BCUT2D eigenvalue weighted by Crippen LogP contribution is -2.10. The van der Waals surface area contributed by atoms with Crippen molar-refractivity contribution in [3.63, 3.8) is 0 Å². The number of nitrogens with zero attached hydrogens (tertiary/aromatic N) is 1. The second-order valence-corrected chi connectivity index (χ2v) is 9.29. The highest BCUT2D eigenvalue weighted by Crippen LogP contribution is 2.38. The Kier molecular flexibility index (Phi) is 5.32. The van der Waals surface area contributed by atoms with Crippen LogP contribution in [0.5, 0.6) is 0 Å². The lowest BCUT2D eigenvalue weighted by molar-refractivity contribution is 0.103. The first-order valence-electron chi connectivity index (χ1n) is 8.94. The van der Waals surface area contributed by atoms with E-state index < -0.39 is 0 Å². The minimum atomic E-state index is -0.316. The Bertz CT molecular complexity index is 1490. The van der Waals surface area contributed by atoms with E-state index in [2.05, 4.69) is 10.3 Å². The molecule has 0 bridgehead atoms. The summed E-state index contributed by atoms with van der Waals surface area (Å²) in [5.74, 6) is 0.0266. The summed E-state index contributed by atoms with van der Waals surface area (Å²) in [5.41, 5.74) is 2.27. The predicted molar refractivity (Wildman–Crippen MR) is 129 cm³/mol. The highest BCUT2D eigenvalue weighted by atomic mass is 35.5. The molecule has 2 aromatic heterocycles. The molecule has 0 atom stereocenters. The van der Waals surface area contributed by atoms with Gasteiger partial charge in [0.25, 0.3) is 5.91 Å². The Hall–Kier alpha value is -2.28. The molecule has 0 spiro atoms. The van der Waals surface area contributed by atoms with Crippen LogP contribution in [-0.4, -0.2) is 10.9 Å². The molecular formula is C22H10Cl4N2O2S. The van der Waals surface area contributed by atoms with Crippen LogP contribution < -0.4 is 5.32 Å². The molecule has 31 heavy (non-hydrogen) atoms. The average molecular weight is 508 g/mol. The van der Waals surface area contributed by atoms with Crippen molar-refractivity contribution in [1.29, 1.82) is 0 Å². The second kappa shape index (κ2) is 8.01. The van der Waals surface area contributed by atoms with Crippen LogP contribution in [0.3, 0.4) is 0 Å². The minimum Gasteiger partial charge on any atom is -0.436 e. The van der Waals surface area contributed by atoms with Gasteiger partial charge in [0.2, 0.25) is 5.89 Å². The van der Waals surface area contributed by atoms with Crippen LogP contribution in [0.2, 0.25) is 20.1 Å². The molecule has 3 aromatic carbocycles. The first kappa shape index (κ1) is 20.6. The van der Waals surface area contributed by atoms with Gasteiger partial charge in [-0.05, 0) is 42.5 Å². The van der Waals surface area contributed by atoms with Crippen molar-refractivity contribution in [2.45, 2.75) is 0 Å². The van der Waals surface area contributed by atoms with Crippen molar-refractivity contribution in [2.24, 2.45) is 0 Å². The molecular weight excluding hydrogens is 498 g/mol. The molecule has 0 fully saturated rings. The zero-order chi connectivity index (χ0) is 21.7. The van der Waals surface area contributed by atoms with E-state index in [0.717, 1.165) is 10.1 Å². The topological polar surface area (TPSA) is 55.1 Å². The molecule has 2 heterocycles. The Balaban J connectivity index is 1.46. The molecule has 0 aliphatic carbocycles. The quantitative estimate of drug-likeness (QED) is 0.266. The number of hydrogen-bond acceptors (Lipinski definition) is 4. The fraction of sp³-hybridized carbons (Fsp3) is 0. The van der Waals surface area contributed by atoms with Crippen molar-refractivity contribution in [3.05, 3.63) is 79.6 Å². The summed E-state index contributed by atoms with van der Waals surface area (Å²) in [5, 5.41) is 5.41. The van der Waals surface area contributed by atoms with Gasteiger partial charge in [-0.3, -0.25) is 4.79 Å². The van der Waals surface area contributed by atoms with Crippen LogP contribution in [0.25, 0.3) is 32.6 Å². The molecule has 9 heteroatoms. The lowest BCUT2D eigenvalue weighted by atomic mass is 10.2. The maximum absolute atomic E-state index is 12.8. The number of amides is 1. The predicted octanol–water partition coefficient (Wildman–Crippen LogP) is 8.58. The second-order valence-electron chi connectivity index (χ2n) is 6.64. The number of carbonyl (C=O) groups is 1. The number of carbonyl (C=O) groups excluding carboxylic acids is 1. The van der Waals surface area contributed by atoms with E-state index in [9.17, 15) is 4.79 Å². The van der Waals surface area contributed by atoms with Gasteiger partial charge in [-0.15, -0.1) is 11.3 Å². The standard InChI is InChI=1S/C22H10Cl4N2O2S/c23-10-4-6-12-17(8-10)31-20(19(12)26)21(29)27-11-5-7-16-15(9-11)28-22(30-16)13-2-1-3-14(24)18(13)25/h1-9H,(H,27,29). The van der Waals surface area contributed by atoms with Crippen molar-refractivity contribution in [3.8, 4) is 11.5 Å². The summed E-state index contributed by atoms with van der Waals surface area (Å²) in [7, 11) is 0. The monoisotopic (exact) mass is 506 g/mol. The molecule has 5 rings (SSSR count). The smallest absolute Gasteiger partial charge is 0.267 e. The zero-order valence-electron chi connectivity index (χ0n) is 15.4. The number of anilines is 1. The van der Waals surface area contributed by atoms with Gasteiger partial charge in [0.1, 0.15) is 10.4 Å². The van der Waals surface area contributed by atoms with Gasteiger partial charge >= 0.3 is 0 Å². The number of benzene rings is 3. The molecule has 0 radical (unpaired) electrons. The number of halogens is 4. The number of nitrogens with one attached hydrogen (secondary N) is 1. The SMILES string of the molecule is O=C(Nc1ccc2oc(-c3cccc(Cl)c3Cl)nc2c1)c1sc2cc(Cl)ccc2c1Cl. The maximum Gasteiger partial charge on any atom is 0.267 e. The van der Waals surface area contributed by atoms with E-state index in [4.69, 9.17) is 50.8 Å². The van der Waals surface area contributed by atoms with Gasteiger partial charge in [-0.2, -0.15) is 0 Å². The molecule has 4 nitrogen and oxygen atoms in total. The van der Waals surface area contributed by atoms with Crippen LogP contribution in [0.4, 0.5) is 5.69 Å². The lowest BCUT2D eigenvalue weighted by Gasteiger charge is -2.03. The average Bonchev–Trinajstić information content (AvgIpc) is 3.30. The Morgan fingerprint density at radius 3 is 2.65 bits per heavy atom. The van der Waals surface area contributed by atoms with Crippen LogP contribution in [0.1, 0.15) is 9.67 Å². The largest absolute Gasteiger partial charge is 0.436 e. The Morgan fingerprint density at radius 2 is 1.81 bits per heavy atom. The van der Waals surface area contributed by atoms with E-state index in [-0.39, 0.29) is 5.91 Å². The van der Waals surface area contributed by atoms with Crippen molar-refractivity contribution < 1.29 is 9.21 Å². The third-order valence-electron chi connectivity index (χ3n) is 4.63. The molecule has 1 N–H and O–H groups in total. The third kappa shape index (κ3) is 3.77.